The fourth-order valence-electron chi connectivity index (χ4n) is 2.58. The summed E-state index contributed by atoms with van der Waals surface area (Å²) in [5.41, 5.74) is 5.19. The Morgan fingerprint density at radius 3 is 2.47 bits per heavy atom. The lowest BCUT2D eigenvalue weighted by atomic mass is 10.2. The van der Waals surface area contributed by atoms with Gasteiger partial charge < -0.3 is 9.51 Å². The summed E-state index contributed by atoms with van der Waals surface area (Å²) in [5, 5.41) is 22.5. The zero-order valence-corrected chi connectivity index (χ0v) is 18.3. The monoisotopic (exact) mass is 457 g/mol. The topological polar surface area (TPSA) is 152 Å². The Bertz CT molecular complexity index is 1210. The molecule has 0 aliphatic rings. The first-order chi connectivity index (χ1) is 15.3. The van der Waals surface area contributed by atoms with Crippen LogP contribution in [0, 0.1) is 17.0 Å². The van der Waals surface area contributed by atoms with Crippen molar-refractivity contribution in [1.82, 2.24) is 9.78 Å². The quantitative estimate of drug-likeness (QED) is 0.191. The first-order valence-corrected chi connectivity index (χ1v) is 11.1. The van der Waals surface area contributed by atoms with E-state index in [9.17, 15) is 18.5 Å². The molecular formula is C19H21N8O4S-. The predicted octanol–water partition coefficient (Wildman–Crippen LogP) is 4.42. The maximum absolute atomic E-state index is 12.7. The second-order valence-corrected chi connectivity index (χ2v) is 8.37. The Balaban J connectivity index is 1.82. The van der Waals surface area contributed by atoms with Gasteiger partial charge >= 0.3 is 0 Å². The summed E-state index contributed by atoms with van der Waals surface area (Å²) < 4.78 is 27.9. The molecule has 1 heterocycles. The Hall–Kier alpha value is -3.87. The number of nitrogens with zero attached hydrogens (tertiary/aromatic N) is 8. The first kappa shape index (κ1) is 22.8. The molecule has 0 radical (unpaired) electrons. The molecule has 0 saturated heterocycles. The molecule has 0 fully saturated rings. The van der Waals surface area contributed by atoms with E-state index in [1.165, 1.54) is 47.4 Å². The molecule has 0 N–H and O–H groups in total. The lowest BCUT2D eigenvalue weighted by Gasteiger charge is -2.23. The van der Waals surface area contributed by atoms with E-state index in [-0.39, 0.29) is 16.5 Å². The van der Waals surface area contributed by atoms with Crippen molar-refractivity contribution < 1.29 is 18.0 Å². The van der Waals surface area contributed by atoms with Crippen molar-refractivity contribution in [3.05, 3.63) is 80.8 Å². The van der Waals surface area contributed by atoms with E-state index < -0.39 is 14.9 Å². The third-order valence-electron chi connectivity index (χ3n) is 4.33. The number of aromatic nitrogens is 3. The first-order valence-electron chi connectivity index (χ1n) is 9.69. The molecule has 0 bridgehead atoms. The maximum Gasteiger partial charge on any atom is 0.269 e. The number of non-ortho nitro benzene ring substituents is 1. The van der Waals surface area contributed by atoms with E-state index in [1.807, 2.05) is 13.8 Å². The summed E-state index contributed by atoms with van der Waals surface area (Å²) in [6.07, 6.45) is 2.92. The normalized spacial score (nSPS) is 11.6. The molecule has 0 spiro atoms. The van der Waals surface area contributed by atoms with Crippen LogP contribution in [0.4, 0.5) is 17.3 Å². The average molecular weight is 457 g/mol. The zero-order valence-electron chi connectivity index (χ0n) is 17.4. The van der Waals surface area contributed by atoms with Gasteiger partial charge in [-0.3, -0.25) is 10.1 Å². The summed E-state index contributed by atoms with van der Waals surface area (Å²) in [4.78, 5) is 14.1. The van der Waals surface area contributed by atoms with E-state index in [0.717, 1.165) is 23.1 Å². The number of aryl methyl sites for hydroxylation is 2. The number of nitro benzene ring substituents is 1. The highest BCUT2D eigenvalue weighted by Gasteiger charge is 2.11. The van der Waals surface area contributed by atoms with Crippen molar-refractivity contribution in [3.63, 3.8) is 0 Å². The number of hydrogen-bond acceptors (Lipinski definition) is 7. The van der Waals surface area contributed by atoms with Crippen molar-refractivity contribution in [2.75, 3.05) is 0 Å². The molecule has 3 aromatic rings. The van der Waals surface area contributed by atoms with Crippen LogP contribution in [0.5, 0.6) is 0 Å². The van der Waals surface area contributed by atoms with Gasteiger partial charge in [0.2, 0.25) is 5.95 Å². The van der Waals surface area contributed by atoms with Gasteiger partial charge in [0.15, 0.2) is 0 Å². The molecule has 32 heavy (non-hydrogen) atoms. The van der Waals surface area contributed by atoms with Crippen molar-refractivity contribution in [1.29, 1.82) is 0 Å². The fourth-order valence-corrected chi connectivity index (χ4v) is 3.50. The standard InChI is InChI=1S/C19H21N8O4S/c1-3-4-13-25-19(22-23-21-16-7-9-17(10-8-16)27(28)29)26(14-20-25)24-32(30,31)18-11-5-15(2)6-12-18/h5-12,14H,3-4,13H2,1-2H3/q-1. The van der Waals surface area contributed by atoms with Gasteiger partial charge in [0.25, 0.3) is 5.69 Å². The highest BCUT2D eigenvalue weighted by molar-refractivity contribution is 7.93. The Kier molecular flexibility index (Phi) is 7.10. The molecule has 13 heteroatoms. The van der Waals surface area contributed by atoms with Crippen molar-refractivity contribution >= 4 is 27.3 Å². The minimum Gasteiger partial charge on any atom is -0.502 e. The van der Waals surface area contributed by atoms with Gasteiger partial charge in [-0.15, -0.1) is 5.11 Å². The summed E-state index contributed by atoms with van der Waals surface area (Å²) in [6.45, 7) is 4.34. The van der Waals surface area contributed by atoms with E-state index in [0.29, 0.717) is 12.2 Å². The maximum atomic E-state index is 12.7. The van der Waals surface area contributed by atoms with Gasteiger partial charge in [0.05, 0.1) is 15.5 Å². The van der Waals surface area contributed by atoms with Crippen molar-refractivity contribution in [2.45, 2.75) is 38.1 Å². The van der Waals surface area contributed by atoms with E-state index >= 15 is 0 Å². The van der Waals surface area contributed by atoms with Crippen LogP contribution < -0.4 is 4.68 Å². The number of nitro groups is 1. The van der Waals surface area contributed by atoms with Gasteiger partial charge in [0, 0.05) is 18.7 Å². The minimum atomic E-state index is -4.01. The summed E-state index contributed by atoms with van der Waals surface area (Å²) in [7, 11) is -4.01. The van der Waals surface area contributed by atoms with E-state index in [2.05, 4.69) is 25.7 Å². The van der Waals surface area contributed by atoms with Gasteiger partial charge in [-0.2, -0.15) is 5.10 Å². The Morgan fingerprint density at radius 2 is 1.84 bits per heavy atom. The summed E-state index contributed by atoms with van der Waals surface area (Å²) >= 11 is 0. The van der Waals surface area contributed by atoms with E-state index in [4.69, 9.17) is 0 Å². The third-order valence-corrected chi connectivity index (χ3v) is 5.59. The number of unbranched alkanes of at least 4 members (excludes halogenated alkanes) is 1. The largest absolute Gasteiger partial charge is 0.502 e. The van der Waals surface area contributed by atoms with Gasteiger partial charge in [0.1, 0.15) is 16.4 Å². The third kappa shape index (κ3) is 5.63. The summed E-state index contributed by atoms with van der Waals surface area (Å²) in [5.74, 6) is 0.0693. The molecule has 0 unspecified atom stereocenters. The SMILES string of the molecule is CCCCn1nc[n+]([N-]S(=O)(=O)c2ccc(C)cc2)c1[N-]N=Nc1ccc([N+](=O)[O-])cc1. The molecule has 0 aliphatic carbocycles. The fraction of sp³-hybridized carbons (Fsp3) is 0.263. The van der Waals surface area contributed by atoms with Crippen molar-refractivity contribution in [3.8, 4) is 0 Å². The number of sulfonamides is 1. The van der Waals surface area contributed by atoms with Crippen LogP contribution >= 0.6 is 0 Å². The van der Waals surface area contributed by atoms with Crippen LogP contribution in [0.15, 0.2) is 70.1 Å². The molecule has 1 aromatic heterocycles. The number of hydrogen-bond donors (Lipinski definition) is 0. The van der Waals surface area contributed by atoms with Crippen LogP contribution in [0.2, 0.25) is 0 Å². The number of benzene rings is 2. The minimum absolute atomic E-state index is 0.0374. The van der Waals surface area contributed by atoms with Crippen LogP contribution in [0.25, 0.3) is 10.3 Å². The van der Waals surface area contributed by atoms with Crippen LogP contribution in [0.3, 0.4) is 0 Å². The average Bonchev–Trinajstić information content (AvgIpc) is 3.13. The van der Waals surface area contributed by atoms with Crippen LogP contribution in [0.1, 0.15) is 25.3 Å². The summed E-state index contributed by atoms with van der Waals surface area (Å²) in [6, 6.07) is 11.7. The molecule has 168 valence electrons. The number of rotatable bonds is 10. The molecule has 2 aromatic carbocycles. The second kappa shape index (κ2) is 9.96. The van der Waals surface area contributed by atoms with Gasteiger partial charge in [-0.05, 0) is 42.8 Å². The lowest BCUT2D eigenvalue weighted by Crippen LogP contribution is -2.31. The molecular weight excluding hydrogens is 436 g/mol. The highest BCUT2D eigenvalue weighted by Crippen LogP contribution is 2.23. The van der Waals surface area contributed by atoms with Gasteiger partial charge in [-0.1, -0.05) is 36.5 Å². The molecule has 0 aliphatic heterocycles. The van der Waals surface area contributed by atoms with Crippen LogP contribution in [-0.4, -0.2) is 23.1 Å². The highest BCUT2D eigenvalue weighted by atomic mass is 32.2. The second-order valence-electron chi connectivity index (χ2n) is 6.78. The molecule has 0 saturated carbocycles. The Labute approximate surface area is 184 Å². The molecule has 0 amide bonds. The zero-order chi connectivity index (χ0) is 23.1. The van der Waals surface area contributed by atoms with Crippen LogP contribution in [-0.2, 0) is 16.6 Å². The molecule has 3 rings (SSSR count). The molecule has 12 nitrogen and oxygen atoms in total. The molecule has 0 atom stereocenters. The van der Waals surface area contributed by atoms with Gasteiger partial charge in [-0.25, -0.2) is 13.1 Å². The lowest BCUT2D eigenvalue weighted by molar-refractivity contribution is -0.598. The van der Waals surface area contributed by atoms with Crippen molar-refractivity contribution in [2.24, 2.45) is 10.3 Å². The predicted molar refractivity (Wildman–Crippen MR) is 115 cm³/mol. The Morgan fingerprint density at radius 1 is 1.16 bits per heavy atom. The smallest absolute Gasteiger partial charge is 0.269 e. The van der Waals surface area contributed by atoms with E-state index in [1.54, 1.807) is 12.1 Å².